The lowest BCUT2D eigenvalue weighted by Gasteiger charge is -2.14. The summed E-state index contributed by atoms with van der Waals surface area (Å²) in [6.45, 7) is 2.80. The summed E-state index contributed by atoms with van der Waals surface area (Å²) in [5.41, 5.74) is 0.974. The second-order valence-electron chi connectivity index (χ2n) is 5.64. The van der Waals surface area contributed by atoms with Crippen molar-refractivity contribution in [3.63, 3.8) is 0 Å². The van der Waals surface area contributed by atoms with Gasteiger partial charge in [0.15, 0.2) is 0 Å². The molecular formula is C17H23F2NO3. The Labute approximate surface area is 135 Å². The van der Waals surface area contributed by atoms with Gasteiger partial charge in [-0.3, -0.25) is 4.79 Å². The third-order valence-corrected chi connectivity index (χ3v) is 3.24. The molecule has 1 amide bonds. The second-order valence-corrected chi connectivity index (χ2v) is 5.64. The van der Waals surface area contributed by atoms with Crippen LogP contribution in [0.25, 0.3) is 5.57 Å². The maximum atomic E-state index is 12.4. The smallest absolute Gasteiger partial charge is 0.387 e. The highest BCUT2D eigenvalue weighted by atomic mass is 19.3. The highest BCUT2D eigenvalue weighted by molar-refractivity contribution is 5.95. The summed E-state index contributed by atoms with van der Waals surface area (Å²) in [6, 6.07) is 6.33. The first-order valence-electron chi connectivity index (χ1n) is 7.48. The minimum absolute atomic E-state index is 0.0338. The minimum atomic E-state index is -2.92. The standard InChI is InChI=1S/C17H23F2NO3/c1-11(8-13(3)21)10-20-16(22)9-12(2)14-6-4-5-7-15(14)23-17(18)19/h4-7,9,11,13,17,21H,8,10H2,1-3H3,(H,20,22)/b12-9-. The SMILES string of the molecule is C/C(=C/C(=O)NCC(C)CC(C)O)c1ccccc1OC(F)F. The highest BCUT2D eigenvalue weighted by Gasteiger charge is 2.12. The van der Waals surface area contributed by atoms with E-state index in [1.165, 1.54) is 12.1 Å². The highest BCUT2D eigenvalue weighted by Crippen LogP contribution is 2.26. The van der Waals surface area contributed by atoms with Crippen molar-refractivity contribution < 1.29 is 23.4 Å². The average molecular weight is 327 g/mol. The van der Waals surface area contributed by atoms with Crippen molar-refractivity contribution in [1.29, 1.82) is 0 Å². The summed E-state index contributed by atoms with van der Waals surface area (Å²) < 4.78 is 29.3. The molecule has 6 heteroatoms. The van der Waals surface area contributed by atoms with E-state index in [-0.39, 0.29) is 17.6 Å². The normalized spacial score (nSPS) is 14.5. The van der Waals surface area contributed by atoms with E-state index < -0.39 is 12.7 Å². The molecule has 0 radical (unpaired) electrons. The summed E-state index contributed by atoms with van der Waals surface area (Å²) in [5, 5.41) is 12.0. The molecule has 23 heavy (non-hydrogen) atoms. The van der Waals surface area contributed by atoms with Gasteiger partial charge in [-0.2, -0.15) is 8.78 Å². The van der Waals surface area contributed by atoms with E-state index in [4.69, 9.17) is 0 Å². The summed E-state index contributed by atoms with van der Waals surface area (Å²) in [7, 11) is 0. The molecule has 0 heterocycles. The van der Waals surface area contributed by atoms with Gasteiger partial charge >= 0.3 is 6.61 Å². The van der Waals surface area contributed by atoms with Gasteiger partial charge in [0.05, 0.1) is 6.10 Å². The number of rotatable bonds is 8. The Hall–Kier alpha value is -1.95. The number of benzene rings is 1. The van der Waals surface area contributed by atoms with Crippen LogP contribution in [-0.4, -0.2) is 30.3 Å². The van der Waals surface area contributed by atoms with Crippen molar-refractivity contribution >= 4 is 11.5 Å². The van der Waals surface area contributed by atoms with Crippen LogP contribution in [0.3, 0.4) is 0 Å². The lowest BCUT2D eigenvalue weighted by atomic mass is 10.0. The molecule has 0 bridgehead atoms. The van der Waals surface area contributed by atoms with E-state index in [1.807, 2.05) is 6.92 Å². The molecule has 0 aliphatic rings. The summed E-state index contributed by atoms with van der Waals surface area (Å²) in [5.74, 6) is -0.138. The van der Waals surface area contributed by atoms with Crippen LogP contribution in [0.5, 0.6) is 5.75 Å². The molecule has 0 fully saturated rings. The quantitative estimate of drug-likeness (QED) is 0.721. The van der Waals surface area contributed by atoms with Crippen molar-refractivity contribution in [1.82, 2.24) is 5.32 Å². The molecule has 0 saturated heterocycles. The number of para-hydroxylation sites is 1. The zero-order chi connectivity index (χ0) is 17.4. The number of aliphatic hydroxyl groups excluding tert-OH is 1. The monoisotopic (exact) mass is 327 g/mol. The molecule has 0 saturated carbocycles. The predicted molar refractivity (Wildman–Crippen MR) is 85.2 cm³/mol. The number of halogens is 2. The van der Waals surface area contributed by atoms with Gasteiger partial charge in [0.1, 0.15) is 5.75 Å². The largest absolute Gasteiger partial charge is 0.434 e. The summed E-state index contributed by atoms with van der Waals surface area (Å²) in [4.78, 5) is 11.9. The topological polar surface area (TPSA) is 58.6 Å². The van der Waals surface area contributed by atoms with Crippen molar-refractivity contribution in [3.05, 3.63) is 35.9 Å². The van der Waals surface area contributed by atoms with Crippen molar-refractivity contribution in [3.8, 4) is 5.75 Å². The first-order chi connectivity index (χ1) is 10.8. The number of alkyl halides is 2. The van der Waals surface area contributed by atoms with Crippen LogP contribution in [0.2, 0.25) is 0 Å². The number of aliphatic hydroxyl groups is 1. The number of hydrogen-bond donors (Lipinski definition) is 2. The van der Waals surface area contributed by atoms with Gasteiger partial charge in [0, 0.05) is 18.2 Å². The number of amides is 1. The number of hydrogen-bond acceptors (Lipinski definition) is 3. The van der Waals surface area contributed by atoms with Crippen molar-refractivity contribution in [2.45, 2.75) is 39.9 Å². The number of nitrogens with one attached hydrogen (secondary N) is 1. The van der Waals surface area contributed by atoms with Crippen LogP contribution in [0.15, 0.2) is 30.3 Å². The van der Waals surface area contributed by atoms with Crippen molar-refractivity contribution in [2.75, 3.05) is 6.54 Å². The molecule has 4 nitrogen and oxygen atoms in total. The molecule has 1 rings (SSSR count). The lowest BCUT2D eigenvalue weighted by molar-refractivity contribution is -0.116. The average Bonchev–Trinajstić information content (AvgIpc) is 2.44. The van der Waals surface area contributed by atoms with Gasteiger partial charge in [0.2, 0.25) is 5.91 Å². The van der Waals surface area contributed by atoms with Crippen LogP contribution in [-0.2, 0) is 4.79 Å². The molecule has 0 aromatic heterocycles. The fraction of sp³-hybridized carbons (Fsp3) is 0.471. The Morgan fingerprint density at radius 1 is 1.35 bits per heavy atom. The number of ether oxygens (including phenoxy) is 1. The molecule has 2 N–H and O–H groups in total. The Balaban J connectivity index is 2.71. The van der Waals surface area contributed by atoms with E-state index >= 15 is 0 Å². The third kappa shape index (κ3) is 7.23. The molecule has 1 aromatic rings. The molecule has 128 valence electrons. The molecule has 2 unspecified atom stereocenters. The van der Waals surface area contributed by atoms with Gasteiger partial charge in [-0.05, 0) is 37.8 Å². The van der Waals surface area contributed by atoms with Gasteiger partial charge in [-0.15, -0.1) is 0 Å². The number of carbonyl (C=O) groups is 1. The van der Waals surface area contributed by atoms with Crippen LogP contribution in [0, 0.1) is 5.92 Å². The maximum absolute atomic E-state index is 12.4. The molecular weight excluding hydrogens is 304 g/mol. The fourth-order valence-electron chi connectivity index (χ4n) is 2.26. The van der Waals surface area contributed by atoms with E-state index in [2.05, 4.69) is 10.1 Å². The molecule has 1 aromatic carbocycles. The van der Waals surface area contributed by atoms with Gasteiger partial charge in [0.25, 0.3) is 0 Å². The van der Waals surface area contributed by atoms with E-state index in [9.17, 15) is 18.7 Å². The molecule has 0 spiro atoms. The minimum Gasteiger partial charge on any atom is -0.434 e. The maximum Gasteiger partial charge on any atom is 0.387 e. The van der Waals surface area contributed by atoms with E-state index in [0.717, 1.165) is 0 Å². The Bertz CT molecular complexity index is 544. The van der Waals surface area contributed by atoms with Gasteiger partial charge in [-0.25, -0.2) is 0 Å². The van der Waals surface area contributed by atoms with Crippen molar-refractivity contribution in [2.24, 2.45) is 5.92 Å². The van der Waals surface area contributed by atoms with Gasteiger partial charge < -0.3 is 15.2 Å². The van der Waals surface area contributed by atoms with E-state index in [0.29, 0.717) is 24.1 Å². The first-order valence-corrected chi connectivity index (χ1v) is 7.48. The Morgan fingerprint density at radius 2 is 2.00 bits per heavy atom. The fourth-order valence-corrected chi connectivity index (χ4v) is 2.26. The third-order valence-electron chi connectivity index (χ3n) is 3.24. The molecule has 0 aliphatic heterocycles. The second kappa shape index (κ2) is 9.25. The molecule has 0 aliphatic carbocycles. The summed E-state index contributed by atoms with van der Waals surface area (Å²) in [6.07, 6.45) is 1.52. The predicted octanol–water partition coefficient (Wildman–Crippen LogP) is 3.21. The zero-order valence-corrected chi connectivity index (χ0v) is 13.6. The first kappa shape index (κ1) is 19.1. The summed E-state index contributed by atoms with van der Waals surface area (Å²) >= 11 is 0. The van der Waals surface area contributed by atoms with Crippen LogP contribution in [0.1, 0.15) is 32.8 Å². The Kier molecular flexibility index (Phi) is 7.68. The van der Waals surface area contributed by atoms with Gasteiger partial charge in [-0.1, -0.05) is 25.1 Å². The Morgan fingerprint density at radius 3 is 2.61 bits per heavy atom. The van der Waals surface area contributed by atoms with Crippen LogP contribution in [0.4, 0.5) is 8.78 Å². The molecule has 2 atom stereocenters. The lowest BCUT2D eigenvalue weighted by Crippen LogP contribution is -2.28. The van der Waals surface area contributed by atoms with E-state index in [1.54, 1.807) is 32.0 Å². The zero-order valence-electron chi connectivity index (χ0n) is 13.6. The van der Waals surface area contributed by atoms with Crippen LogP contribution >= 0.6 is 0 Å². The number of allylic oxidation sites excluding steroid dienone is 1. The number of carbonyl (C=O) groups excluding carboxylic acids is 1. The van der Waals surface area contributed by atoms with Crippen LogP contribution < -0.4 is 10.1 Å².